The van der Waals surface area contributed by atoms with Gasteiger partial charge in [0.05, 0.1) is 4.34 Å². The van der Waals surface area contributed by atoms with Crippen molar-refractivity contribution in [1.82, 2.24) is 4.72 Å². The molecule has 0 unspecified atom stereocenters. The first kappa shape index (κ1) is 14.2. The molecule has 8 heteroatoms. The highest BCUT2D eigenvalue weighted by Crippen LogP contribution is 2.33. The summed E-state index contributed by atoms with van der Waals surface area (Å²) in [5, 5.41) is 8.78. The summed E-state index contributed by atoms with van der Waals surface area (Å²) in [5.41, 5.74) is 0. The lowest BCUT2D eigenvalue weighted by atomic mass is 10.2. The predicted molar refractivity (Wildman–Crippen MR) is 65.8 cm³/mol. The van der Waals surface area contributed by atoms with Crippen molar-refractivity contribution in [3.8, 4) is 0 Å². The normalized spacial score (nSPS) is 14.0. The van der Waals surface area contributed by atoms with Crippen molar-refractivity contribution in [2.24, 2.45) is 5.92 Å². The SMILES string of the molecule is C[C@H](CO)CNS(=O)(=O)c1cc(Cl)sc1Cl. The molecule has 0 radical (unpaired) electrons. The van der Waals surface area contributed by atoms with Crippen molar-refractivity contribution < 1.29 is 13.5 Å². The molecule has 2 N–H and O–H groups in total. The highest BCUT2D eigenvalue weighted by Gasteiger charge is 2.21. The Morgan fingerprint density at radius 2 is 2.19 bits per heavy atom. The van der Waals surface area contributed by atoms with E-state index >= 15 is 0 Å². The molecule has 0 saturated heterocycles. The minimum atomic E-state index is -3.64. The highest BCUT2D eigenvalue weighted by molar-refractivity contribution is 7.89. The van der Waals surface area contributed by atoms with E-state index in [0.29, 0.717) is 4.34 Å². The summed E-state index contributed by atoms with van der Waals surface area (Å²) < 4.78 is 26.3. The van der Waals surface area contributed by atoms with Crippen LogP contribution in [-0.4, -0.2) is 26.7 Å². The Bertz CT molecular complexity index is 458. The fourth-order valence-corrected chi connectivity index (χ4v) is 4.21. The fourth-order valence-electron chi connectivity index (χ4n) is 0.903. The largest absolute Gasteiger partial charge is 0.396 e. The van der Waals surface area contributed by atoms with Crippen LogP contribution in [0, 0.1) is 5.92 Å². The molecule has 92 valence electrons. The van der Waals surface area contributed by atoms with Crippen molar-refractivity contribution in [2.45, 2.75) is 11.8 Å². The van der Waals surface area contributed by atoms with Crippen molar-refractivity contribution >= 4 is 44.6 Å². The molecule has 0 aliphatic rings. The van der Waals surface area contributed by atoms with Gasteiger partial charge in [-0.3, -0.25) is 0 Å². The molecule has 0 saturated carbocycles. The maximum absolute atomic E-state index is 11.8. The molecule has 0 amide bonds. The van der Waals surface area contributed by atoms with Crippen molar-refractivity contribution in [3.63, 3.8) is 0 Å². The van der Waals surface area contributed by atoms with Crippen molar-refractivity contribution in [2.75, 3.05) is 13.2 Å². The Labute approximate surface area is 108 Å². The van der Waals surface area contributed by atoms with Crippen LogP contribution in [0.3, 0.4) is 0 Å². The van der Waals surface area contributed by atoms with E-state index < -0.39 is 10.0 Å². The highest BCUT2D eigenvalue weighted by atomic mass is 35.5. The summed E-state index contributed by atoms with van der Waals surface area (Å²) in [6.45, 7) is 1.80. The first-order valence-corrected chi connectivity index (χ1v) is 7.47. The zero-order valence-electron chi connectivity index (χ0n) is 8.41. The molecule has 4 nitrogen and oxygen atoms in total. The van der Waals surface area contributed by atoms with Gasteiger partial charge in [0.1, 0.15) is 9.23 Å². The van der Waals surface area contributed by atoms with E-state index in [2.05, 4.69) is 4.72 Å². The molecular formula is C8H11Cl2NO3S2. The van der Waals surface area contributed by atoms with Crippen LogP contribution in [0.25, 0.3) is 0 Å². The summed E-state index contributed by atoms with van der Waals surface area (Å²) in [6, 6.07) is 1.31. The van der Waals surface area contributed by atoms with Crippen LogP contribution in [-0.2, 0) is 10.0 Å². The van der Waals surface area contributed by atoms with Gasteiger partial charge in [0.25, 0.3) is 0 Å². The van der Waals surface area contributed by atoms with Gasteiger partial charge in [-0.15, -0.1) is 11.3 Å². The summed E-state index contributed by atoms with van der Waals surface area (Å²) in [4.78, 5) is -0.0192. The number of nitrogens with one attached hydrogen (secondary N) is 1. The van der Waals surface area contributed by atoms with Crippen LogP contribution in [0.4, 0.5) is 0 Å². The average molecular weight is 304 g/mol. The first-order valence-electron chi connectivity index (χ1n) is 4.42. The standard InChI is InChI=1S/C8H11Cl2NO3S2/c1-5(4-12)3-11-16(13,14)6-2-7(9)15-8(6)10/h2,5,11-12H,3-4H2,1H3/t5-/m0/s1. The second-order valence-corrected chi connectivity index (χ2v) is 7.35. The number of rotatable bonds is 5. The second-order valence-electron chi connectivity index (χ2n) is 3.33. The van der Waals surface area contributed by atoms with E-state index in [1.165, 1.54) is 6.07 Å². The summed E-state index contributed by atoms with van der Waals surface area (Å²) in [7, 11) is -3.64. The average Bonchev–Trinajstić information content (AvgIpc) is 2.55. The Hall–Kier alpha value is 0.150. The molecule has 0 bridgehead atoms. The van der Waals surface area contributed by atoms with Crippen molar-refractivity contribution in [3.05, 3.63) is 14.7 Å². The number of aliphatic hydroxyl groups excluding tert-OH is 1. The van der Waals surface area contributed by atoms with Crippen LogP contribution in [0.15, 0.2) is 11.0 Å². The van der Waals surface area contributed by atoms with E-state index in [1.807, 2.05) is 0 Å². The number of hydrogen-bond acceptors (Lipinski definition) is 4. The van der Waals surface area contributed by atoms with Crippen LogP contribution < -0.4 is 4.72 Å². The van der Waals surface area contributed by atoms with Crippen LogP contribution >= 0.6 is 34.5 Å². The van der Waals surface area contributed by atoms with E-state index in [0.717, 1.165) is 11.3 Å². The number of aliphatic hydroxyl groups is 1. The van der Waals surface area contributed by atoms with Crippen LogP contribution in [0.1, 0.15) is 6.92 Å². The summed E-state index contributed by atoms with van der Waals surface area (Å²) >= 11 is 12.4. The Morgan fingerprint density at radius 1 is 1.56 bits per heavy atom. The van der Waals surface area contributed by atoms with Gasteiger partial charge in [-0.05, 0) is 12.0 Å². The van der Waals surface area contributed by atoms with E-state index in [1.54, 1.807) is 6.92 Å². The third kappa shape index (κ3) is 3.58. The number of hydrogen-bond donors (Lipinski definition) is 2. The lowest BCUT2D eigenvalue weighted by Gasteiger charge is -2.09. The van der Waals surface area contributed by atoms with Crippen molar-refractivity contribution in [1.29, 1.82) is 0 Å². The predicted octanol–water partition coefficient (Wildman–Crippen LogP) is 1.96. The molecule has 0 spiro atoms. The minimum absolute atomic E-state index is 0.0192. The minimum Gasteiger partial charge on any atom is -0.396 e. The molecule has 16 heavy (non-hydrogen) atoms. The summed E-state index contributed by atoms with van der Waals surface area (Å²) in [6.07, 6.45) is 0. The first-order chi connectivity index (χ1) is 7.36. The van der Waals surface area contributed by atoms with Gasteiger partial charge in [0.2, 0.25) is 10.0 Å². The second kappa shape index (κ2) is 5.66. The lowest BCUT2D eigenvalue weighted by Crippen LogP contribution is -2.29. The molecule has 0 fully saturated rings. The van der Waals surface area contributed by atoms with Gasteiger partial charge in [-0.25, -0.2) is 13.1 Å². The number of thiophene rings is 1. The molecule has 1 heterocycles. The molecular weight excluding hydrogens is 293 g/mol. The number of halogens is 2. The molecule has 0 aliphatic heterocycles. The molecule has 1 rings (SSSR count). The topological polar surface area (TPSA) is 66.4 Å². The van der Waals surface area contributed by atoms with Crippen LogP contribution in [0.5, 0.6) is 0 Å². The molecule has 0 aliphatic carbocycles. The fraction of sp³-hybridized carbons (Fsp3) is 0.500. The smallest absolute Gasteiger partial charge is 0.242 e. The lowest BCUT2D eigenvalue weighted by molar-refractivity contribution is 0.238. The third-order valence-electron chi connectivity index (χ3n) is 1.85. The molecule has 0 aromatic carbocycles. The summed E-state index contributed by atoms with van der Waals surface area (Å²) in [5.74, 6) is -0.150. The Morgan fingerprint density at radius 3 is 2.62 bits per heavy atom. The number of sulfonamides is 1. The monoisotopic (exact) mass is 303 g/mol. The Kier molecular flexibility index (Phi) is 5.03. The zero-order chi connectivity index (χ0) is 12.3. The van der Waals surface area contributed by atoms with Gasteiger partial charge < -0.3 is 5.11 Å². The van der Waals surface area contributed by atoms with Gasteiger partial charge in [0, 0.05) is 13.2 Å². The third-order valence-corrected chi connectivity index (χ3v) is 5.02. The maximum Gasteiger partial charge on any atom is 0.242 e. The van der Waals surface area contributed by atoms with Gasteiger partial charge >= 0.3 is 0 Å². The van der Waals surface area contributed by atoms with Gasteiger partial charge in [-0.1, -0.05) is 30.1 Å². The zero-order valence-corrected chi connectivity index (χ0v) is 11.5. The molecule has 1 atom stereocenters. The molecule has 1 aromatic rings. The van der Waals surface area contributed by atoms with Gasteiger partial charge in [0.15, 0.2) is 0 Å². The van der Waals surface area contributed by atoms with E-state index in [9.17, 15) is 8.42 Å². The van der Waals surface area contributed by atoms with E-state index in [4.69, 9.17) is 28.3 Å². The Balaban J connectivity index is 2.82. The maximum atomic E-state index is 11.8. The van der Waals surface area contributed by atoms with Crippen LogP contribution in [0.2, 0.25) is 8.67 Å². The van der Waals surface area contributed by atoms with Gasteiger partial charge in [-0.2, -0.15) is 0 Å². The quantitative estimate of drug-likeness (QED) is 0.874. The van der Waals surface area contributed by atoms with E-state index in [-0.39, 0.29) is 28.3 Å². The molecule has 1 aromatic heterocycles.